The van der Waals surface area contributed by atoms with Crippen LogP contribution in [0.25, 0.3) is 33.5 Å². The molecule has 5 rings (SSSR count). The van der Waals surface area contributed by atoms with Crippen molar-refractivity contribution in [3.05, 3.63) is 60.0 Å². The number of pyridine rings is 1. The number of nitrogens with zero attached hydrogens (tertiary/aromatic N) is 5. The number of hydrogen-bond acceptors (Lipinski definition) is 5. The Morgan fingerprint density at radius 3 is 2.77 bits per heavy atom. The van der Waals surface area contributed by atoms with Crippen molar-refractivity contribution in [3.63, 3.8) is 0 Å². The minimum atomic E-state index is -0.260. The van der Waals surface area contributed by atoms with E-state index in [9.17, 15) is 4.79 Å². The van der Waals surface area contributed by atoms with Crippen LogP contribution in [-0.2, 0) is 13.6 Å². The first-order chi connectivity index (χ1) is 15.1. The molecule has 31 heavy (non-hydrogen) atoms. The standard InChI is InChI=1S/C23H22N6O2/c1-4-11-29-18-9-6-5-8-16(18)25-23(29)26-22(30)15-13-17(19-10-7-12-31-19)24-21-20(15)14(2)27-28(21)3/h5-10,12-13H,4,11H2,1-3H3,(H,25,26,30). The molecule has 5 aromatic rings. The lowest BCUT2D eigenvalue weighted by Gasteiger charge is -2.10. The van der Waals surface area contributed by atoms with Crippen LogP contribution < -0.4 is 5.32 Å². The molecule has 1 aromatic carbocycles. The SMILES string of the molecule is CCCn1c(NC(=O)c2cc(-c3ccco3)nc3c2c(C)nn3C)nc2ccccc21. The van der Waals surface area contributed by atoms with Gasteiger partial charge in [-0.2, -0.15) is 5.10 Å². The molecule has 0 radical (unpaired) electrons. The van der Waals surface area contributed by atoms with Gasteiger partial charge in [-0.3, -0.25) is 14.8 Å². The average molecular weight is 414 g/mol. The van der Waals surface area contributed by atoms with Gasteiger partial charge in [0.1, 0.15) is 5.69 Å². The first kappa shape index (κ1) is 19.0. The highest BCUT2D eigenvalue weighted by molar-refractivity contribution is 6.13. The number of imidazole rings is 1. The van der Waals surface area contributed by atoms with Gasteiger partial charge in [0.2, 0.25) is 5.95 Å². The molecular formula is C23H22N6O2. The number of aromatic nitrogens is 5. The van der Waals surface area contributed by atoms with Crippen LogP contribution in [0.2, 0.25) is 0 Å². The van der Waals surface area contributed by atoms with E-state index in [0.717, 1.165) is 29.7 Å². The Morgan fingerprint density at radius 1 is 1.16 bits per heavy atom. The topological polar surface area (TPSA) is 90.8 Å². The Labute approximate surface area is 178 Å². The molecule has 8 heteroatoms. The first-order valence-corrected chi connectivity index (χ1v) is 10.2. The lowest BCUT2D eigenvalue weighted by molar-refractivity contribution is 0.102. The zero-order valence-corrected chi connectivity index (χ0v) is 17.6. The number of benzene rings is 1. The molecule has 0 spiro atoms. The van der Waals surface area contributed by atoms with Crippen molar-refractivity contribution in [1.82, 2.24) is 24.3 Å². The summed E-state index contributed by atoms with van der Waals surface area (Å²) in [6.45, 7) is 4.73. The number of hydrogen-bond donors (Lipinski definition) is 1. The lowest BCUT2D eigenvalue weighted by Crippen LogP contribution is -2.17. The predicted molar refractivity (Wildman–Crippen MR) is 119 cm³/mol. The Morgan fingerprint density at radius 2 is 2.00 bits per heavy atom. The van der Waals surface area contributed by atoms with Gasteiger partial charge in [-0.05, 0) is 43.7 Å². The molecule has 8 nitrogen and oxygen atoms in total. The van der Waals surface area contributed by atoms with E-state index >= 15 is 0 Å². The van der Waals surface area contributed by atoms with Crippen LogP contribution in [0, 0.1) is 6.92 Å². The minimum Gasteiger partial charge on any atom is -0.463 e. The molecule has 0 unspecified atom stereocenters. The molecule has 156 valence electrons. The van der Waals surface area contributed by atoms with Crippen LogP contribution in [-0.4, -0.2) is 30.2 Å². The molecular weight excluding hydrogens is 392 g/mol. The third kappa shape index (κ3) is 3.16. The summed E-state index contributed by atoms with van der Waals surface area (Å²) in [6, 6.07) is 13.2. The first-order valence-electron chi connectivity index (χ1n) is 10.2. The van der Waals surface area contributed by atoms with E-state index in [2.05, 4.69) is 27.3 Å². The molecule has 1 amide bonds. The maximum absolute atomic E-state index is 13.5. The fourth-order valence-corrected chi connectivity index (χ4v) is 3.96. The minimum absolute atomic E-state index is 0.260. The number of para-hydroxylation sites is 2. The van der Waals surface area contributed by atoms with E-state index in [0.29, 0.717) is 34.0 Å². The quantitative estimate of drug-likeness (QED) is 0.456. The molecule has 0 fully saturated rings. The van der Waals surface area contributed by atoms with Gasteiger partial charge in [-0.1, -0.05) is 19.1 Å². The van der Waals surface area contributed by atoms with Crippen molar-refractivity contribution in [2.45, 2.75) is 26.8 Å². The number of aryl methyl sites for hydroxylation is 3. The predicted octanol–water partition coefficient (Wildman–Crippen LogP) is 4.55. The van der Waals surface area contributed by atoms with Crippen LogP contribution in [0.5, 0.6) is 0 Å². The van der Waals surface area contributed by atoms with Crippen molar-refractivity contribution < 1.29 is 9.21 Å². The van der Waals surface area contributed by atoms with Gasteiger partial charge in [0.15, 0.2) is 11.4 Å². The fourth-order valence-electron chi connectivity index (χ4n) is 3.96. The number of fused-ring (bicyclic) bond motifs is 2. The smallest absolute Gasteiger partial charge is 0.258 e. The highest BCUT2D eigenvalue weighted by Gasteiger charge is 2.22. The molecule has 0 aliphatic rings. The van der Waals surface area contributed by atoms with E-state index in [1.165, 1.54) is 0 Å². The van der Waals surface area contributed by atoms with Crippen molar-refractivity contribution in [3.8, 4) is 11.5 Å². The summed E-state index contributed by atoms with van der Waals surface area (Å²) in [5.74, 6) is 0.857. The van der Waals surface area contributed by atoms with E-state index in [1.807, 2.05) is 48.9 Å². The van der Waals surface area contributed by atoms with Crippen molar-refractivity contribution in [1.29, 1.82) is 0 Å². The second-order valence-electron chi connectivity index (χ2n) is 7.47. The summed E-state index contributed by atoms with van der Waals surface area (Å²) in [4.78, 5) is 22.8. The fraction of sp³-hybridized carbons (Fsp3) is 0.217. The number of furan rings is 1. The molecule has 0 atom stereocenters. The monoisotopic (exact) mass is 414 g/mol. The van der Waals surface area contributed by atoms with Gasteiger partial charge in [-0.25, -0.2) is 9.97 Å². The second-order valence-corrected chi connectivity index (χ2v) is 7.47. The third-order valence-corrected chi connectivity index (χ3v) is 5.31. The number of carbonyl (C=O) groups is 1. The molecule has 0 bridgehead atoms. The normalized spacial score (nSPS) is 11.5. The van der Waals surface area contributed by atoms with Gasteiger partial charge < -0.3 is 8.98 Å². The summed E-state index contributed by atoms with van der Waals surface area (Å²) < 4.78 is 9.24. The van der Waals surface area contributed by atoms with Crippen molar-refractivity contribution in [2.24, 2.45) is 7.05 Å². The van der Waals surface area contributed by atoms with Crippen LogP contribution >= 0.6 is 0 Å². The molecule has 0 aliphatic carbocycles. The number of anilines is 1. The summed E-state index contributed by atoms with van der Waals surface area (Å²) in [5.41, 5.74) is 4.26. The molecule has 4 aromatic heterocycles. The zero-order chi connectivity index (χ0) is 21.5. The van der Waals surface area contributed by atoms with E-state index in [1.54, 1.807) is 23.1 Å². The summed E-state index contributed by atoms with van der Waals surface area (Å²) in [7, 11) is 1.82. The maximum atomic E-state index is 13.5. The number of amides is 1. The third-order valence-electron chi connectivity index (χ3n) is 5.31. The van der Waals surface area contributed by atoms with E-state index in [-0.39, 0.29) is 5.91 Å². The van der Waals surface area contributed by atoms with Crippen molar-refractivity contribution in [2.75, 3.05) is 5.32 Å². The average Bonchev–Trinajstić information content (AvgIpc) is 3.48. The van der Waals surface area contributed by atoms with E-state index in [4.69, 9.17) is 4.42 Å². The molecule has 0 aliphatic heterocycles. The van der Waals surface area contributed by atoms with Gasteiger partial charge in [0.25, 0.3) is 5.91 Å². The zero-order valence-electron chi connectivity index (χ0n) is 17.6. The largest absolute Gasteiger partial charge is 0.463 e. The highest BCUT2D eigenvalue weighted by Crippen LogP contribution is 2.28. The maximum Gasteiger partial charge on any atom is 0.258 e. The Hall–Kier alpha value is -3.94. The molecule has 4 heterocycles. The Balaban J connectivity index is 1.64. The van der Waals surface area contributed by atoms with Gasteiger partial charge in [-0.15, -0.1) is 0 Å². The number of carbonyl (C=O) groups excluding carboxylic acids is 1. The van der Waals surface area contributed by atoms with Crippen LogP contribution in [0.4, 0.5) is 5.95 Å². The molecule has 0 saturated carbocycles. The highest BCUT2D eigenvalue weighted by atomic mass is 16.3. The van der Waals surface area contributed by atoms with Gasteiger partial charge in [0, 0.05) is 13.6 Å². The summed E-state index contributed by atoms with van der Waals surface area (Å²) >= 11 is 0. The van der Waals surface area contributed by atoms with Crippen LogP contribution in [0.1, 0.15) is 29.4 Å². The second kappa shape index (κ2) is 7.39. The molecule has 1 N–H and O–H groups in total. The van der Waals surface area contributed by atoms with Gasteiger partial charge in [0.05, 0.1) is 33.9 Å². The Kier molecular flexibility index (Phi) is 4.54. The lowest BCUT2D eigenvalue weighted by atomic mass is 10.1. The summed E-state index contributed by atoms with van der Waals surface area (Å²) in [5, 5.41) is 8.20. The Bertz CT molecular complexity index is 1410. The summed E-state index contributed by atoms with van der Waals surface area (Å²) in [6.07, 6.45) is 2.51. The van der Waals surface area contributed by atoms with Crippen molar-refractivity contribution >= 4 is 33.9 Å². The number of nitrogens with one attached hydrogen (secondary N) is 1. The van der Waals surface area contributed by atoms with E-state index < -0.39 is 0 Å². The molecule has 0 saturated heterocycles. The van der Waals surface area contributed by atoms with Gasteiger partial charge >= 0.3 is 0 Å². The number of rotatable bonds is 5. The van der Waals surface area contributed by atoms with Crippen LogP contribution in [0.3, 0.4) is 0 Å². The van der Waals surface area contributed by atoms with Crippen LogP contribution in [0.15, 0.2) is 53.1 Å².